The zero-order valence-electron chi connectivity index (χ0n) is 17.6. The first kappa shape index (κ1) is 22.5. The van der Waals surface area contributed by atoms with E-state index in [0.29, 0.717) is 48.0 Å². The normalized spacial score (nSPS) is 11.2. The number of para-hydroxylation sites is 1. The standard InChI is InChI=1S/C22H27N5O3S/c1-16-9-10-17(13-19(16)27-31(28,29)12-6-5-11-23)26-22-14-20(24-15-25-22)18-7-3-4-8-21(18)30-2/h3-4,7-10,13-15,27H,5-6,11-12,23H2,1-2H3,(H,24,25,26). The molecule has 164 valence electrons. The minimum absolute atomic E-state index is 0.0372. The molecule has 4 N–H and O–H groups in total. The highest BCUT2D eigenvalue weighted by Gasteiger charge is 2.13. The summed E-state index contributed by atoms with van der Waals surface area (Å²) in [5.74, 6) is 1.33. The van der Waals surface area contributed by atoms with E-state index in [1.54, 1.807) is 13.2 Å². The fourth-order valence-electron chi connectivity index (χ4n) is 3.04. The van der Waals surface area contributed by atoms with Crippen LogP contribution in [0.4, 0.5) is 17.2 Å². The number of nitrogens with two attached hydrogens (primary N) is 1. The lowest BCUT2D eigenvalue weighted by Crippen LogP contribution is -2.18. The van der Waals surface area contributed by atoms with E-state index in [-0.39, 0.29) is 5.75 Å². The molecular weight excluding hydrogens is 414 g/mol. The molecule has 1 heterocycles. The highest BCUT2D eigenvalue weighted by molar-refractivity contribution is 7.92. The Bertz CT molecular complexity index is 1140. The number of unbranched alkanes of at least 4 members (excludes halogenated alkanes) is 1. The Balaban J connectivity index is 1.80. The number of anilines is 3. The topological polar surface area (TPSA) is 119 Å². The van der Waals surface area contributed by atoms with Gasteiger partial charge in [-0.3, -0.25) is 4.72 Å². The van der Waals surface area contributed by atoms with Crippen LogP contribution in [0.3, 0.4) is 0 Å². The second-order valence-electron chi connectivity index (χ2n) is 7.06. The van der Waals surface area contributed by atoms with Crippen LogP contribution in [0.5, 0.6) is 5.75 Å². The number of sulfonamides is 1. The summed E-state index contributed by atoms with van der Waals surface area (Å²) in [6, 6.07) is 14.9. The van der Waals surface area contributed by atoms with Gasteiger partial charge in [0.1, 0.15) is 17.9 Å². The zero-order valence-corrected chi connectivity index (χ0v) is 18.4. The van der Waals surface area contributed by atoms with E-state index in [2.05, 4.69) is 20.0 Å². The summed E-state index contributed by atoms with van der Waals surface area (Å²) < 4.78 is 32.8. The molecule has 0 aliphatic rings. The van der Waals surface area contributed by atoms with Crippen molar-refractivity contribution in [3.05, 3.63) is 60.4 Å². The quantitative estimate of drug-likeness (QED) is 0.411. The van der Waals surface area contributed by atoms with Crippen molar-refractivity contribution in [2.45, 2.75) is 19.8 Å². The molecule has 8 nitrogen and oxygen atoms in total. The summed E-state index contributed by atoms with van der Waals surface area (Å²) >= 11 is 0. The molecule has 3 rings (SSSR count). The van der Waals surface area contributed by atoms with Gasteiger partial charge in [0.15, 0.2) is 0 Å². The van der Waals surface area contributed by atoms with Gasteiger partial charge in [0.2, 0.25) is 10.0 Å². The maximum atomic E-state index is 12.4. The van der Waals surface area contributed by atoms with Crippen LogP contribution in [0.2, 0.25) is 0 Å². The van der Waals surface area contributed by atoms with Crippen LogP contribution < -0.4 is 20.5 Å². The number of aromatic nitrogens is 2. The van der Waals surface area contributed by atoms with Crippen molar-refractivity contribution >= 4 is 27.2 Å². The monoisotopic (exact) mass is 441 g/mol. The van der Waals surface area contributed by atoms with Crippen molar-refractivity contribution in [2.75, 3.05) is 29.4 Å². The van der Waals surface area contributed by atoms with Gasteiger partial charge in [-0.1, -0.05) is 18.2 Å². The Morgan fingerprint density at radius 2 is 1.87 bits per heavy atom. The maximum absolute atomic E-state index is 12.4. The molecule has 31 heavy (non-hydrogen) atoms. The summed E-state index contributed by atoms with van der Waals surface area (Å²) in [6.45, 7) is 2.33. The van der Waals surface area contributed by atoms with Crippen molar-refractivity contribution in [2.24, 2.45) is 5.73 Å². The van der Waals surface area contributed by atoms with Crippen LogP contribution in [0.1, 0.15) is 18.4 Å². The van der Waals surface area contributed by atoms with Gasteiger partial charge >= 0.3 is 0 Å². The van der Waals surface area contributed by atoms with Gasteiger partial charge in [-0.05, 0) is 56.1 Å². The van der Waals surface area contributed by atoms with Crippen LogP contribution >= 0.6 is 0 Å². The fourth-order valence-corrected chi connectivity index (χ4v) is 4.28. The van der Waals surface area contributed by atoms with Crippen LogP contribution in [0.25, 0.3) is 11.3 Å². The molecule has 0 atom stereocenters. The number of ether oxygens (including phenoxy) is 1. The van der Waals surface area contributed by atoms with Gasteiger partial charge in [-0.2, -0.15) is 0 Å². The van der Waals surface area contributed by atoms with Gasteiger partial charge in [0, 0.05) is 17.3 Å². The van der Waals surface area contributed by atoms with Gasteiger partial charge in [-0.25, -0.2) is 18.4 Å². The van der Waals surface area contributed by atoms with E-state index in [9.17, 15) is 8.42 Å². The smallest absolute Gasteiger partial charge is 0.232 e. The molecule has 1 aromatic heterocycles. The van der Waals surface area contributed by atoms with Gasteiger partial charge in [0.25, 0.3) is 0 Å². The largest absolute Gasteiger partial charge is 0.496 e. The second-order valence-corrected chi connectivity index (χ2v) is 8.90. The van der Waals surface area contributed by atoms with E-state index < -0.39 is 10.0 Å². The lowest BCUT2D eigenvalue weighted by Gasteiger charge is -2.13. The average Bonchev–Trinajstić information content (AvgIpc) is 2.76. The molecule has 0 unspecified atom stereocenters. The Labute approximate surface area is 182 Å². The summed E-state index contributed by atoms with van der Waals surface area (Å²) in [5, 5.41) is 3.21. The summed E-state index contributed by atoms with van der Waals surface area (Å²) in [7, 11) is -1.83. The van der Waals surface area contributed by atoms with Crippen molar-refractivity contribution in [1.29, 1.82) is 0 Å². The first-order chi connectivity index (χ1) is 14.9. The highest BCUT2D eigenvalue weighted by Crippen LogP contribution is 2.30. The van der Waals surface area contributed by atoms with Crippen molar-refractivity contribution in [1.82, 2.24) is 9.97 Å². The third kappa shape index (κ3) is 6.16. The van der Waals surface area contributed by atoms with Gasteiger partial charge < -0.3 is 15.8 Å². The molecule has 0 aliphatic carbocycles. The van der Waals surface area contributed by atoms with Crippen LogP contribution in [0.15, 0.2) is 54.9 Å². The Kier molecular flexibility index (Phi) is 7.43. The third-order valence-corrected chi connectivity index (χ3v) is 6.05. The Morgan fingerprint density at radius 3 is 2.65 bits per heavy atom. The maximum Gasteiger partial charge on any atom is 0.232 e. The van der Waals surface area contributed by atoms with Crippen molar-refractivity contribution < 1.29 is 13.2 Å². The molecular formula is C22H27N5O3S. The van der Waals surface area contributed by atoms with E-state index in [0.717, 1.165) is 11.1 Å². The van der Waals surface area contributed by atoms with Crippen LogP contribution in [-0.4, -0.2) is 37.8 Å². The number of methoxy groups -OCH3 is 1. The average molecular weight is 442 g/mol. The van der Waals surface area contributed by atoms with E-state index in [4.69, 9.17) is 10.5 Å². The summed E-state index contributed by atoms with van der Waals surface area (Å²) in [4.78, 5) is 8.62. The zero-order chi connectivity index (χ0) is 22.3. The molecule has 0 fully saturated rings. The number of rotatable bonds is 10. The molecule has 0 amide bonds. The Hall–Kier alpha value is -3.17. The number of hydrogen-bond acceptors (Lipinski definition) is 7. The second kappa shape index (κ2) is 10.2. The SMILES string of the molecule is COc1ccccc1-c1cc(Nc2ccc(C)c(NS(=O)(=O)CCCCN)c2)ncn1. The van der Waals surface area contributed by atoms with E-state index in [1.165, 1.54) is 6.33 Å². The molecule has 0 saturated carbocycles. The molecule has 0 spiro atoms. The predicted octanol–water partition coefficient (Wildman–Crippen LogP) is 3.68. The molecule has 9 heteroatoms. The minimum Gasteiger partial charge on any atom is -0.496 e. The van der Waals surface area contributed by atoms with Crippen LogP contribution in [-0.2, 0) is 10.0 Å². The fraction of sp³-hybridized carbons (Fsp3) is 0.273. The molecule has 0 saturated heterocycles. The highest BCUT2D eigenvalue weighted by atomic mass is 32.2. The predicted molar refractivity (Wildman–Crippen MR) is 124 cm³/mol. The van der Waals surface area contributed by atoms with Crippen molar-refractivity contribution in [3.8, 4) is 17.0 Å². The van der Waals surface area contributed by atoms with E-state index in [1.807, 2.05) is 49.4 Å². The lowest BCUT2D eigenvalue weighted by molar-refractivity contribution is 0.416. The Morgan fingerprint density at radius 1 is 1.06 bits per heavy atom. The summed E-state index contributed by atoms with van der Waals surface area (Å²) in [6.07, 6.45) is 2.67. The van der Waals surface area contributed by atoms with Gasteiger partial charge in [0.05, 0.1) is 24.2 Å². The first-order valence-corrected chi connectivity index (χ1v) is 11.6. The molecule has 2 aromatic carbocycles. The summed E-state index contributed by atoms with van der Waals surface area (Å²) in [5.41, 5.74) is 9.07. The third-order valence-electron chi connectivity index (χ3n) is 4.69. The minimum atomic E-state index is -3.44. The number of nitrogens with zero attached hydrogens (tertiary/aromatic N) is 2. The number of benzene rings is 2. The van der Waals surface area contributed by atoms with Crippen molar-refractivity contribution in [3.63, 3.8) is 0 Å². The lowest BCUT2D eigenvalue weighted by atomic mass is 10.1. The van der Waals surface area contributed by atoms with Gasteiger partial charge in [-0.15, -0.1) is 0 Å². The molecule has 0 aliphatic heterocycles. The molecule has 0 bridgehead atoms. The number of nitrogens with one attached hydrogen (secondary N) is 2. The number of aryl methyl sites for hydroxylation is 1. The molecule has 3 aromatic rings. The first-order valence-electron chi connectivity index (χ1n) is 9.95. The van der Waals surface area contributed by atoms with E-state index >= 15 is 0 Å². The van der Waals surface area contributed by atoms with Crippen LogP contribution in [0, 0.1) is 6.92 Å². The molecule has 0 radical (unpaired) electrons. The number of hydrogen-bond donors (Lipinski definition) is 3.